The lowest BCUT2D eigenvalue weighted by Crippen LogP contribution is -2.18. The van der Waals surface area contributed by atoms with Crippen LogP contribution >= 0.6 is 0 Å². The van der Waals surface area contributed by atoms with Gasteiger partial charge in [0.2, 0.25) is 0 Å². The van der Waals surface area contributed by atoms with Gasteiger partial charge in [-0.05, 0) is 114 Å². The van der Waals surface area contributed by atoms with E-state index in [4.69, 9.17) is 4.42 Å². The number of fused-ring (bicyclic) bond motifs is 13. The van der Waals surface area contributed by atoms with Gasteiger partial charge in [0, 0.05) is 32.7 Å². The Morgan fingerprint density at radius 1 is 0.464 bits per heavy atom. The minimum atomic E-state index is -0.247. The maximum absolute atomic E-state index is 6.76. The Labute approximate surface area is 329 Å². The molecule has 2 aliphatic carbocycles. The van der Waals surface area contributed by atoms with Gasteiger partial charge >= 0.3 is 0 Å². The van der Waals surface area contributed by atoms with E-state index in [1.54, 1.807) is 0 Å². The molecule has 0 aliphatic heterocycles. The molecule has 2 aliphatic rings. The number of rotatable bonds is 3. The van der Waals surface area contributed by atoms with Crippen molar-refractivity contribution in [3.8, 4) is 22.3 Å². The third kappa shape index (κ3) is 4.44. The molecule has 11 rings (SSSR count). The molecule has 1 heterocycles. The molecule has 9 aromatic rings. The van der Waals surface area contributed by atoms with Crippen LogP contribution in [0.25, 0.3) is 65.7 Å². The van der Waals surface area contributed by atoms with Crippen molar-refractivity contribution in [3.63, 3.8) is 0 Å². The Balaban J connectivity index is 1.19. The fraction of sp³-hybridized carbons (Fsp3) is 0.185. The molecule has 0 N–H and O–H groups in total. The Morgan fingerprint density at radius 2 is 1.05 bits per heavy atom. The van der Waals surface area contributed by atoms with E-state index in [9.17, 15) is 0 Å². The van der Waals surface area contributed by atoms with Crippen LogP contribution in [-0.4, -0.2) is 0 Å². The molecule has 0 amide bonds. The zero-order valence-electron chi connectivity index (χ0n) is 33.2. The highest BCUT2D eigenvalue weighted by molar-refractivity contribution is 6.14. The van der Waals surface area contributed by atoms with Crippen molar-refractivity contribution in [1.82, 2.24) is 0 Å². The Hall–Kier alpha value is -6.12. The van der Waals surface area contributed by atoms with Gasteiger partial charge in [0.1, 0.15) is 5.58 Å². The number of para-hydroxylation sites is 2. The van der Waals surface area contributed by atoms with Gasteiger partial charge in [0.15, 0.2) is 5.58 Å². The molecular formula is C54H45NO. The molecule has 0 spiro atoms. The molecule has 0 saturated carbocycles. The maximum atomic E-state index is 6.76. The predicted octanol–water partition coefficient (Wildman–Crippen LogP) is 15.3. The van der Waals surface area contributed by atoms with Crippen molar-refractivity contribution in [2.75, 3.05) is 4.90 Å². The normalized spacial score (nSPS) is 15.0. The first-order valence-corrected chi connectivity index (χ1v) is 20.0. The number of anilines is 3. The summed E-state index contributed by atoms with van der Waals surface area (Å²) in [7, 11) is 0. The SMILES string of the molecule is CC(C)(C)c1ccc(N(c2cc3c(c4ccccc24)-c2cc4c(cc2C3(C)C)-c2c(ccc3ccccc23)C4(C)C)c2cccc3c2oc2ccccc23)cc1. The van der Waals surface area contributed by atoms with Gasteiger partial charge in [-0.25, -0.2) is 0 Å². The molecular weight excluding hydrogens is 679 g/mol. The van der Waals surface area contributed by atoms with Crippen LogP contribution in [0.4, 0.5) is 17.1 Å². The molecule has 2 heteroatoms. The van der Waals surface area contributed by atoms with E-state index in [1.807, 2.05) is 0 Å². The summed E-state index contributed by atoms with van der Waals surface area (Å²) in [6, 6.07) is 54.3. The fourth-order valence-electron chi connectivity index (χ4n) is 10.2. The number of benzene rings is 8. The van der Waals surface area contributed by atoms with Crippen LogP contribution in [0, 0.1) is 0 Å². The fourth-order valence-corrected chi connectivity index (χ4v) is 10.2. The number of furan rings is 1. The highest BCUT2D eigenvalue weighted by Gasteiger charge is 2.43. The van der Waals surface area contributed by atoms with Gasteiger partial charge in [-0.2, -0.15) is 0 Å². The summed E-state index contributed by atoms with van der Waals surface area (Å²) in [5, 5.41) is 7.38. The molecule has 56 heavy (non-hydrogen) atoms. The van der Waals surface area contributed by atoms with Crippen molar-refractivity contribution < 1.29 is 4.42 Å². The highest BCUT2D eigenvalue weighted by atomic mass is 16.3. The zero-order valence-corrected chi connectivity index (χ0v) is 33.2. The topological polar surface area (TPSA) is 16.4 Å². The quantitative estimate of drug-likeness (QED) is 0.180. The third-order valence-corrected chi connectivity index (χ3v) is 13.2. The number of hydrogen-bond donors (Lipinski definition) is 0. The molecule has 2 nitrogen and oxygen atoms in total. The maximum Gasteiger partial charge on any atom is 0.159 e. The Kier molecular flexibility index (Phi) is 6.67. The average molecular weight is 724 g/mol. The Bertz CT molecular complexity index is 3110. The van der Waals surface area contributed by atoms with Gasteiger partial charge in [-0.1, -0.05) is 152 Å². The van der Waals surface area contributed by atoms with E-state index in [0.717, 1.165) is 39.0 Å². The molecule has 0 saturated heterocycles. The largest absolute Gasteiger partial charge is 0.454 e. The summed E-state index contributed by atoms with van der Waals surface area (Å²) in [6.07, 6.45) is 0. The van der Waals surface area contributed by atoms with Crippen molar-refractivity contribution in [2.24, 2.45) is 0 Å². The summed E-state index contributed by atoms with van der Waals surface area (Å²) >= 11 is 0. The lowest BCUT2D eigenvalue weighted by atomic mass is 9.79. The first-order chi connectivity index (χ1) is 26.9. The summed E-state index contributed by atoms with van der Waals surface area (Å²) in [5.74, 6) is 0. The molecule has 0 bridgehead atoms. The van der Waals surface area contributed by atoms with E-state index < -0.39 is 0 Å². The molecule has 8 aromatic carbocycles. The molecule has 272 valence electrons. The summed E-state index contributed by atoms with van der Waals surface area (Å²) < 4.78 is 6.76. The molecule has 0 atom stereocenters. The smallest absolute Gasteiger partial charge is 0.159 e. The van der Waals surface area contributed by atoms with Gasteiger partial charge in [0.25, 0.3) is 0 Å². The van der Waals surface area contributed by atoms with Crippen molar-refractivity contribution in [1.29, 1.82) is 0 Å². The van der Waals surface area contributed by atoms with Gasteiger partial charge in [-0.15, -0.1) is 0 Å². The average Bonchev–Trinajstić information content (AvgIpc) is 3.77. The van der Waals surface area contributed by atoms with Gasteiger partial charge in [-0.3, -0.25) is 0 Å². The number of nitrogens with zero attached hydrogens (tertiary/aromatic N) is 1. The lowest BCUT2D eigenvalue weighted by molar-refractivity contribution is 0.590. The van der Waals surface area contributed by atoms with Crippen LogP contribution in [0.1, 0.15) is 76.3 Å². The van der Waals surface area contributed by atoms with E-state index >= 15 is 0 Å². The van der Waals surface area contributed by atoms with Crippen molar-refractivity contribution in [3.05, 3.63) is 173 Å². The second-order valence-electron chi connectivity index (χ2n) is 18.2. The molecule has 0 radical (unpaired) electrons. The summed E-state index contributed by atoms with van der Waals surface area (Å²) in [5.41, 5.74) is 17.1. The van der Waals surface area contributed by atoms with Gasteiger partial charge < -0.3 is 9.32 Å². The first kappa shape index (κ1) is 33.2. The molecule has 0 fully saturated rings. The lowest BCUT2D eigenvalue weighted by Gasteiger charge is -2.30. The number of hydrogen-bond acceptors (Lipinski definition) is 2. The minimum absolute atomic E-state index is 0.0415. The van der Waals surface area contributed by atoms with Crippen LogP contribution in [0.2, 0.25) is 0 Å². The first-order valence-electron chi connectivity index (χ1n) is 20.0. The molecule has 0 unspecified atom stereocenters. The predicted molar refractivity (Wildman–Crippen MR) is 237 cm³/mol. The van der Waals surface area contributed by atoms with Crippen LogP contribution in [0.3, 0.4) is 0 Å². The minimum Gasteiger partial charge on any atom is -0.454 e. The van der Waals surface area contributed by atoms with Crippen molar-refractivity contribution >= 4 is 60.5 Å². The molecule has 1 aromatic heterocycles. The van der Waals surface area contributed by atoms with E-state index in [2.05, 4.69) is 199 Å². The Morgan fingerprint density at radius 3 is 1.77 bits per heavy atom. The van der Waals surface area contributed by atoms with Crippen LogP contribution in [0.15, 0.2) is 150 Å². The second kappa shape index (κ2) is 11.2. The third-order valence-electron chi connectivity index (χ3n) is 13.2. The van der Waals surface area contributed by atoms with Crippen molar-refractivity contribution in [2.45, 2.75) is 64.7 Å². The van der Waals surface area contributed by atoms with Crippen LogP contribution < -0.4 is 4.90 Å². The van der Waals surface area contributed by atoms with Crippen LogP contribution in [-0.2, 0) is 16.2 Å². The van der Waals surface area contributed by atoms with E-state index in [0.29, 0.717) is 0 Å². The zero-order chi connectivity index (χ0) is 38.3. The summed E-state index contributed by atoms with van der Waals surface area (Å²) in [4.78, 5) is 2.45. The van der Waals surface area contributed by atoms with E-state index in [-0.39, 0.29) is 16.2 Å². The van der Waals surface area contributed by atoms with Crippen LogP contribution in [0.5, 0.6) is 0 Å². The van der Waals surface area contributed by atoms with E-state index in [1.165, 1.54) is 71.6 Å². The van der Waals surface area contributed by atoms with Gasteiger partial charge in [0.05, 0.1) is 11.4 Å². The highest BCUT2D eigenvalue weighted by Crippen LogP contribution is 2.60. The summed E-state index contributed by atoms with van der Waals surface area (Å²) in [6.45, 7) is 16.5. The second-order valence-corrected chi connectivity index (χ2v) is 18.2. The monoisotopic (exact) mass is 723 g/mol. The standard InChI is InChI=1S/C54H45NO/c1-52(2,3)33-24-26-34(27-25-33)55(46-21-14-20-39-37-18-12-13-22-48(37)56-51(39)46)47-31-45-50(38-19-11-10-17-36(38)47)41-30-43-40(29-44(41)54(45,6)7)49-35-16-9-8-15-32(35)23-28-42(49)53(43,4)5/h8-31H,1-7H3.